The third-order valence-electron chi connectivity index (χ3n) is 3.88. The zero-order valence-electron chi connectivity index (χ0n) is 10.9. The topological polar surface area (TPSA) is 12.0 Å². The Kier molecular flexibility index (Phi) is 3.02. The lowest BCUT2D eigenvalue weighted by atomic mass is 9.96. The highest BCUT2D eigenvalue weighted by molar-refractivity contribution is 5.84. The van der Waals surface area contributed by atoms with Gasteiger partial charge in [0.15, 0.2) is 0 Å². The third-order valence-corrected chi connectivity index (χ3v) is 3.88. The molecule has 1 atom stereocenters. The normalized spacial score (nSPS) is 20.1. The fourth-order valence-electron chi connectivity index (χ4n) is 2.77. The smallest absolute Gasteiger partial charge is 0.288 e. The highest BCUT2D eigenvalue weighted by Gasteiger charge is 2.42. The van der Waals surface area contributed by atoms with Gasteiger partial charge in [0, 0.05) is 5.56 Å². The van der Waals surface area contributed by atoms with Crippen LogP contribution in [0.3, 0.4) is 0 Å². The van der Waals surface area contributed by atoms with E-state index in [-0.39, 0.29) is 5.56 Å². The summed E-state index contributed by atoms with van der Waals surface area (Å²) in [5, 5.41) is 4.79. The van der Waals surface area contributed by atoms with Crippen molar-refractivity contribution in [3.05, 3.63) is 47.5 Å². The molecule has 1 aliphatic heterocycles. The van der Waals surface area contributed by atoms with E-state index in [4.69, 9.17) is 0 Å². The van der Waals surface area contributed by atoms with Crippen LogP contribution in [0.2, 0.25) is 0 Å². The molecule has 0 aliphatic carbocycles. The van der Waals surface area contributed by atoms with Crippen molar-refractivity contribution >= 4 is 10.8 Å². The highest BCUT2D eigenvalue weighted by atomic mass is 19.3. The first-order chi connectivity index (χ1) is 9.07. The SMILES string of the molecule is Cc1ccc2cc(C(F)(F)C3CCCN3)ccc2c1. The minimum Gasteiger partial charge on any atom is -0.308 e. The van der Waals surface area contributed by atoms with E-state index >= 15 is 0 Å². The van der Waals surface area contributed by atoms with Gasteiger partial charge in [-0.15, -0.1) is 0 Å². The van der Waals surface area contributed by atoms with Crippen molar-refractivity contribution < 1.29 is 8.78 Å². The molecule has 0 spiro atoms. The monoisotopic (exact) mass is 261 g/mol. The van der Waals surface area contributed by atoms with Crippen LogP contribution in [-0.4, -0.2) is 12.6 Å². The van der Waals surface area contributed by atoms with E-state index in [1.807, 2.05) is 25.1 Å². The summed E-state index contributed by atoms with van der Waals surface area (Å²) in [5.74, 6) is -2.80. The Morgan fingerprint density at radius 1 is 1.11 bits per heavy atom. The summed E-state index contributed by atoms with van der Waals surface area (Å²) in [5.41, 5.74) is 1.26. The molecular weight excluding hydrogens is 244 g/mol. The van der Waals surface area contributed by atoms with E-state index in [0.717, 1.165) is 22.8 Å². The number of hydrogen-bond acceptors (Lipinski definition) is 1. The highest BCUT2D eigenvalue weighted by Crippen LogP contribution is 2.36. The van der Waals surface area contributed by atoms with Crippen LogP contribution in [0.15, 0.2) is 36.4 Å². The first-order valence-electron chi connectivity index (χ1n) is 6.69. The third kappa shape index (κ3) is 2.23. The number of fused-ring (bicyclic) bond motifs is 1. The van der Waals surface area contributed by atoms with Crippen LogP contribution in [0.5, 0.6) is 0 Å². The molecule has 1 unspecified atom stereocenters. The van der Waals surface area contributed by atoms with Crippen LogP contribution in [-0.2, 0) is 5.92 Å². The van der Waals surface area contributed by atoms with Gasteiger partial charge in [0.1, 0.15) is 0 Å². The molecule has 19 heavy (non-hydrogen) atoms. The summed E-state index contributed by atoms with van der Waals surface area (Å²) < 4.78 is 28.8. The second-order valence-corrected chi connectivity index (χ2v) is 5.34. The molecule has 1 saturated heterocycles. The van der Waals surface area contributed by atoms with Gasteiger partial charge in [-0.3, -0.25) is 0 Å². The number of hydrogen-bond donors (Lipinski definition) is 1. The molecule has 0 aromatic heterocycles. The lowest BCUT2D eigenvalue weighted by Gasteiger charge is -2.24. The number of alkyl halides is 2. The molecule has 0 saturated carbocycles. The molecule has 100 valence electrons. The van der Waals surface area contributed by atoms with Gasteiger partial charge in [-0.2, -0.15) is 8.78 Å². The van der Waals surface area contributed by atoms with Crippen LogP contribution in [0, 0.1) is 6.92 Å². The Labute approximate surface area is 111 Å². The lowest BCUT2D eigenvalue weighted by Crippen LogP contribution is -2.38. The predicted molar refractivity (Wildman–Crippen MR) is 73.6 cm³/mol. The van der Waals surface area contributed by atoms with Crippen molar-refractivity contribution in [2.24, 2.45) is 0 Å². The van der Waals surface area contributed by atoms with Gasteiger partial charge < -0.3 is 5.32 Å². The number of halogens is 2. The largest absolute Gasteiger partial charge is 0.308 e. The van der Waals surface area contributed by atoms with Crippen LogP contribution in [0.4, 0.5) is 8.78 Å². The summed E-state index contributed by atoms with van der Waals surface area (Å²) in [4.78, 5) is 0. The standard InChI is InChI=1S/C16H17F2N/c1-11-4-5-13-10-14(7-6-12(13)9-11)16(17,18)15-3-2-8-19-15/h4-7,9-10,15,19H,2-3,8H2,1H3. The minimum atomic E-state index is -2.80. The quantitative estimate of drug-likeness (QED) is 0.861. The maximum absolute atomic E-state index is 14.4. The van der Waals surface area contributed by atoms with E-state index in [0.29, 0.717) is 13.0 Å². The van der Waals surface area contributed by atoms with Crippen LogP contribution in [0.25, 0.3) is 10.8 Å². The first kappa shape index (κ1) is 12.5. The summed E-state index contributed by atoms with van der Waals surface area (Å²) in [7, 11) is 0. The fraction of sp³-hybridized carbons (Fsp3) is 0.375. The molecule has 2 aromatic rings. The molecule has 0 bridgehead atoms. The van der Waals surface area contributed by atoms with Gasteiger partial charge in [0.05, 0.1) is 6.04 Å². The Bertz CT molecular complexity index is 601. The molecule has 1 fully saturated rings. The molecule has 1 nitrogen and oxygen atoms in total. The van der Waals surface area contributed by atoms with E-state index < -0.39 is 12.0 Å². The molecule has 3 heteroatoms. The predicted octanol–water partition coefficient (Wildman–Crippen LogP) is 3.99. The minimum absolute atomic E-state index is 0.114. The van der Waals surface area contributed by atoms with Gasteiger partial charge in [-0.1, -0.05) is 35.9 Å². The van der Waals surface area contributed by atoms with Crippen LogP contribution < -0.4 is 5.32 Å². The van der Waals surface area contributed by atoms with Crippen molar-refractivity contribution in [2.75, 3.05) is 6.54 Å². The lowest BCUT2D eigenvalue weighted by molar-refractivity contribution is -0.0375. The Balaban J connectivity index is 2.02. The van der Waals surface area contributed by atoms with E-state index in [2.05, 4.69) is 5.32 Å². The Morgan fingerprint density at radius 3 is 2.58 bits per heavy atom. The molecule has 2 aromatic carbocycles. The molecule has 3 rings (SSSR count). The molecule has 0 amide bonds. The average Bonchev–Trinajstić information content (AvgIpc) is 2.92. The molecule has 1 heterocycles. The maximum Gasteiger partial charge on any atom is 0.288 e. The van der Waals surface area contributed by atoms with Gasteiger partial charge in [-0.05, 0) is 43.1 Å². The van der Waals surface area contributed by atoms with Crippen LogP contribution >= 0.6 is 0 Å². The van der Waals surface area contributed by atoms with Crippen molar-refractivity contribution in [1.82, 2.24) is 5.32 Å². The summed E-state index contributed by atoms with van der Waals surface area (Å²) in [6.07, 6.45) is 1.37. The van der Waals surface area contributed by atoms with E-state index in [9.17, 15) is 8.78 Å². The zero-order valence-corrected chi connectivity index (χ0v) is 10.9. The van der Waals surface area contributed by atoms with Crippen molar-refractivity contribution in [2.45, 2.75) is 31.7 Å². The second kappa shape index (κ2) is 4.57. The summed E-state index contributed by atoms with van der Waals surface area (Å²) >= 11 is 0. The molecule has 1 aliphatic rings. The number of benzene rings is 2. The van der Waals surface area contributed by atoms with Crippen molar-refractivity contribution in [3.8, 4) is 0 Å². The number of nitrogens with one attached hydrogen (secondary N) is 1. The Morgan fingerprint density at radius 2 is 1.84 bits per heavy atom. The first-order valence-corrected chi connectivity index (χ1v) is 6.69. The Hall–Kier alpha value is -1.48. The average molecular weight is 261 g/mol. The van der Waals surface area contributed by atoms with Crippen molar-refractivity contribution in [1.29, 1.82) is 0 Å². The van der Waals surface area contributed by atoms with Gasteiger partial charge >= 0.3 is 0 Å². The van der Waals surface area contributed by atoms with E-state index in [1.165, 1.54) is 0 Å². The molecule has 0 radical (unpaired) electrons. The summed E-state index contributed by atoms with van der Waals surface area (Å²) in [6.45, 7) is 2.69. The molecule has 1 N–H and O–H groups in total. The molecular formula is C16H17F2N. The van der Waals surface area contributed by atoms with Gasteiger partial charge in [-0.25, -0.2) is 0 Å². The van der Waals surface area contributed by atoms with E-state index in [1.54, 1.807) is 18.2 Å². The van der Waals surface area contributed by atoms with Gasteiger partial charge in [0.2, 0.25) is 0 Å². The number of aryl methyl sites for hydroxylation is 1. The van der Waals surface area contributed by atoms with Crippen molar-refractivity contribution in [3.63, 3.8) is 0 Å². The fourth-order valence-corrected chi connectivity index (χ4v) is 2.77. The van der Waals surface area contributed by atoms with Gasteiger partial charge in [0.25, 0.3) is 5.92 Å². The number of rotatable bonds is 2. The summed E-state index contributed by atoms with van der Waals surface area (Å²) in [6, 6.07) is 10.1. The zero-order chi connectivity index (χ0) is 13.5. The van der Waals surface area contributed by atoms with Crippen LogP contribution in [0.1, 0.15) is 24.0 Å². The second-order valence-electron chi connectivity index (χ2n) is 5.34. The maximum atomic E-state index is 14.4.